The van der Waals surface area contributed by atoms with Crippen molar-refractivity contribution in [1.82, 2.24) is 20.3 Å². The summed E-state index contributed by atoms with van der Waals surface area (Å²) in [6.45, 7) is 1.82. The van der Waals surface area contributed by atoms with Crippen LogP contribution in [0.15, 0.2) is 36.7 Å². The molecule has 0 spiro atoms. The summed E-state index contributed by atoms with van der Waals surface area (Å²) in [6.07, 6.45) is 6.01. The molecule has 4 nitrogen and oxygen atoms in total. The lowest BCUT2D eigenvalue weighted by Gasteiger charge is -2.36. The fourth-order valence-corrected chi connectivity index (χ4v) is 2.65. The number of benzene rings is 1. The van der Waals surface area contributed by atoms with Gasteiger partial charge in [-0.3, -0.25) is 4.68 Å². The van der Waals surface area contributed by atoms with Gasteiger partial charge in [0.2, 0.25) is 0 Å². The molecule has 0 unspecified atom stereocenters. The van der Waals surface area contributed by atoms with Crippen LogP contribution in [-0.4, -0.2) is 27.6 Å². The Morgan fingerprint density at radius 2 is 2.05 bits per heavy atom. The highest BCUT2D eigenvalue weighted by Crippen LogP contribution is 2.37. The zero-order chi connectivity index (χ0) is 13.1. The summed E-state index contributed by atoms with van der Waals surface area (Å²) in [5, 5.41) is 12.1. The first-order chi connectivity index (χ1) is 9.31. The van der Waals surface area contributed by atoms with Crippen LogP contribution in [-0.2, 0) is 6.54 Å². The van der Waals surface area contributed by atoms with Crippen molar-refractivity contribution < 1.29 is 0 Å². The minimum absolute atomic E-state index is 0.629. The van der Waals surface area contributed by atoms with E-state index in [1.165, 1.54) is 18.4 Å². The van der Waals surface area contributed by atoms with E-state index < -0.39 is 0 Å². The Bertz CT molecular complexity index is 503. The van der Waals surface area contributed by atoms with Gasteiger partial charge < -0.3 is 5.32 Å². The van der Waals surface area contributed by atoms with Crippen LogP contribution in [0.2, 0.25) is 5.02 Å². The molecule has 1 aliphatic rings. The van der Waals surface area contributed by atoms with E-state index in [1.54, 1.807) is 6.20 Å². The lowest BCUT2D eigenvalue weighted by Crippen LogP contribution is -2.41. The van der Waals surface area contributed by atoms with Crippen LogP contribution in [0, 0.1) is 0 Å². The second kappa shape index (κ2) is 5.72. The summed E-state index contributed by atoms with van der Waals surface area (Å²) < 4.78 is 1.85. The van der Waals surface area contributed by atoms with Crippen molar-refractivity contribution in [2.45, 2.75) is 31.3 Å². The number of rotatable bonds is 5. The topological polar surface area (TPSA) is 42.7 Å². The summed E-state index contributed by atoms with van der Waals surface area (Å²) in [4.78, 5) is 0. The summed E-state index contributed by atoms with van der Waals surface area (Å²) in [7, 11) is 0. The highest BCUT2D eigenvalue weighted by atomic mass is 35.5. The van der Waals surface area contributed by atoms with Crippen LogP contribution in [0.4, 0.5) is 0 Å². The second-order valence-corrected chi connectivity index (χ2v) is 5.47. The molecular formula is C14H17ClN4. The lowest BCUT2D eigenvalue weighted by molar-refractivity contribution is 0.286. The van der Waals surface area contributed by atoms with Gasteiger partial charge in [-0.05, 0) is 36.5 Å². The summed E-state index contributed by atoms with van der Waals surface area (Å²) in [5.41, 5.74) is 1.40. The van der Waals surface area contributed by atoms with Crippen molar-refractivity contribution >= 4 is 11.6 Å². The molecule has 0 aliphatic heterocycles. The molecule has 2 aromatic rings. The maximum Gasteiger partial charge on any atom is 0.0692 e. The number of hydrogen-bond donors (Lipinski definition) is 1. The molecule has 1 saturated carbocycles. The molecule has 19 heavy (non-hydrogen) atoms. The molecule has 1 aliphatic carbocycles. The van der Waals surface area contributed by atoms with Crippen molar-refractivity contribution in [3.05, 3.63) is 47.2 Å². The van der Waals surface area contributed by atoms with Crippen molar-refractivity contribution in [2.75, 3.05) is 6.54 Å². The number of halogens is 1. The van der Waals surface area contributed by atoms with Gasteiger partial charge in [-0.2, -0.15) is 0 Å². The molecule has 0 amide bonds. The van der Waals surface area contributed by atoms with Gasteiger partial charge in [0.1, 0.15) is 0 Å². The summed E-state index contributed by atoms with van der Waals surface area (Å²) in [5.74, 6) is 0.682. The van der Waals surface area contributed by atoms with E-state index in [0.29, 0.717) is 12.0 Å². The Morgan fingerprint density at radius 1 is 1.26 bits per heavy atom. The van der Waals surface area contributed by atoms with E-state index in [1.807, 2.05) is 23.0 Å². The Kier molecular flexibility index (Phi) is 3.80. The highest BCUT2D eigenvalue weighted by Gasteiger charge is 2.29. The predicted octanol–water partition coefficient (Wildman–Crippen LogP) is 2.47. The number of aromatic nitrogens is 3. The van der Waals surface area contributed by atoms with Gasteiger partial charge >= 0.3 is 0 Å². The van der Waals surface area contributed by atoms with Gasteiger partial charge in [0.25, 0.3) is 0 Å². The van der Waals surface area contributed by atoms with E-state index in [2.05, 4.69) is 27.8 Å². The van der Waals surface area contributed by atoms with E-state index in [-0.39, 0.29) is 0 Å². The number of hydrogen-bond acceptors (Lipinski definition) is 3. The standard InChI is InChI=1S/C14H17ClN4/c15-13-3-1-11(2-4-13)12-9-14(10-12)16-5-7-19-8-6-17-18-19/h1-4,6,8,12,14,16H,5,7,9-10H2. The van der Waals surface area contributed by atoms with Crippen LogP contribution in [0.5, 0.6) is 0 Å². The molecule has 1 fully saturated rings. The van der Waals surface area contributed by atoms with E-state index >= 15 is 0 Å². The van der Waals surface area contributed by atoms with Crippen molar-refractivity contribution in [1.29, 1.82) is 0 Å². The quantitative estimate of drug-likeness (QED) is 0.912. The van der Waals surface area contributed by atoms with Crippen LogP contribution in [0.25, 0.3) is 0 Å². The summed E-state index contributed by atoms with van der Waals surface area (Å²) in [6, 6.07) is 8.85. The maximum absolute atomic E-state index is 5.90. The smallest absolute Gasteiger partial charge is 0.0692 e. The number of nitrogens with zero attached hydrogens (tertiary/aromatic N) is 3. The first-order valence-corrected chi connectivity index (χ1v) is 7.02. The normalized spacial score (nSPS) is 22.2. The van der Waals surface area contributed by atoms with Gasteiger partial charge in [0, 0.05) is 23.8 Å². The van der Waals surface area contributed by atoms with Crippen molar-refractivity contribution in [2.24, 2.45) is 0 Å². The van der Waals surface area contributed by atoms with Crippen molar-refractivity contribution in [3.63, 3.8) is 0 Å². The first-order valence-electron chi connectivity index (χ1n) is 6.64. The predicted molar refractivity (Wildman–Crippen MR) is 75.2 cm³/mol. The number of nitrogens with one attached hydrogen (secondary N) is 1. The molecule has 1 heterocycles. The fourth-order valence-electron chi connectivity index (χ4n) is 2.53. The minimum Gasteiger partial charge on any atom is -0.312 e. The van der Waals surface area contributed by atoms with Gasteiger partial charge in [0.15, 0.2) is 0 Å². The molecule has 0 bridgehead atoms. The van der Waals surface area contributed by atoms with Crippen LogP contribution in [0.3, 0.4) is 0 Å². The van der Waals surface area contributed by atoms with Gasteiger partial charge in [-0.15, -0.1) is 5.10 Å². The van der Waals surface area contributed by atoms with Crippen LogP contribution in [0.1, 0.15) is 24.3 Å². The Labute approximate surface area is 117 Å². The minimum atomic E-state index is 0.629. The largest absolute Gasteiger partial charge is 0.312 e. The Balaban J connectivity index is 1.39. The Hall–Kier alpha value is -1.39. The molecule has 0 saturated heterocycles. The van der Waals surface area contributed by atoms with Gasteiger partial charge in [-0.25, -0.2) is 0 Å². The van der Waals surface area contributed by atoms with Crippen LogP contribution < -0.4 is 5.32 Å². The molecule has 1 aromatic carbocycles. The van der Waals surface area contributed by atoms with E-state index in [0.717, 1.165) is 18.1 Å². The average molecular weight is 277 g/mol. The highest BCUT2D eigenvalue weighted by molar-refractivity contribution is 6.30. The maximum atomic E-state index is 5.90. The lowest BCUT2D eigenvalue weighted by atomic mass is 9.76. The van der Waals surface area contributed by atoms with Gasteiger partial charge in [0.05, 0.1) is 12.7 Å². The average Bonchev–Trinajstić information content (AvgIpc) is 2.87. The molecule has 1 aromatic heterocycles. The van der Waals surface area contributed by atoms with Crippen molar-refractivity contribution in [3.8, 4) is 0 Å². The second-order valence-electron chi connectivity index (χ2n) is 5.04. The molecule has 0 atom stereocenters. The summed E-state index contributed by atoms with van der Waals surface area (Å²) >= 11 is 5.90. The first kappa shape index (κ1) is 12.6. The third-order valence-electron chi connectivity index (χ3n) is 3.73. The zero-order valence-corrected chi connectivity index (χ0v) is 11.4. The monoisotopic (exact) mass is 276 g/mol. The zero-order valence-electron chi connectivity index (χ0n) is 10.7. The Morgan fingerprint density at radius 3 is 2.74 bits per heavy atom. The third-order valence-corrected chi connectivity index (χ3v) is 3.98. The fraction of sp³-hybridized carbons (Fsp3) is 0.429. The molecule has 0 radical (unpaired) electrons. The molecule has 100 valence electrons. The third kappa shape index (κ3) is 3.14. The molecular weight excluding hydrogens is 260 g/mol. The molecule has 5 heteroatoms. The van der Waals surface area contributed by atoms with E-state index in [4.69, 9.17) is 11.6 Å². The van der Waals surface area contributed by atoms with Crippen LogP contribution >= 0.6 is 11.6 Å². The van der Waals surface area contributed by atoms with E-state index in [9.17, 15) is 0 Å². The molecule has 1 N–H and O–H groups in total. The SMILES string of the molecule is Clc1ccc(C2CC(NCCn3ccnn3)C2)cc1. The van der Waals surface area contributed by atoms with Gasteiger partial charge in [-0.1, -0.05) is 28.9 Å². The molecule has 3 rings (SSSR count).